The zero-order chi connectivity index (χ0) is 47.6. The Hall–Kier alpha value is -8.81. The van der Waals surface area contributed by atoms with Crippen molar-refractivity contribution in [3.8, 4) is 34.5 Å². The zero-order valence-corrected chi connectivity index (χ0v) is 38.4. The van der Waals surface area contributed by atoms with Crippen LogP contribution < -0.4 is 19.1 Å². The third-order valence-electron chi connectivity index (χ3n) is 13.1. The van der Waals surface area contributed by atoms with Gasteiger partial charge in [0.1, 0.15) is 51.9 Å². The normalized spacial score (nSPS) is 13.0. The molecule has 0 bridgehead atoms. The number of hydrogen-bond acceptors (Lipinski definition) is 4. The van der Waals surface area contributed by atoms with Crippen LogP contribution in [0.1, 0.15) is 66.8 Å². The monoisotopic (exact) mass is 917 g/mol. The fourth-order valence-corrected chi connectivity index (χ4v) is 9.55. The number of fused-ring (bicyclic) bond motifs is 6. The third-order valence-corrected chi connectivity index (χ3v) is 13.1. The number of hydrogen-bond donors (Lipinski definition) is 0. The van der Waals surface area contributed by atoms with Gasteiger partial charge in [0.2, 0.25) is 0 Å². The molecule has 0 radical (unpaired) electrons. The number of nitrogens with zero attached hydrogens (tertiary/aromatic N) is 1. The number of ether oxygens (including phenoxy) is 3. The molecule has 0 saturated carbocycles. The van der Waals surface area contributed by atoms with Crippen LogP contribution >= 0.6 is 0 Å². The quantitative estimate of drug-likeness (QED) is 0.166. The van der Waals surface area contributed by atoms with Crippen molar-refractivity contribution in [2.45, 2.75) is 20.8 Å². The number of aryl methyl sites for hydroxylation is 3. The summed E-state index contributed by atoms with van der Waals surface area (Å²) in [5.41, 5.74) is 16.3. The maximum atomic E-state index is 14.7. The number of rotatable bonds is 6. The summed E-state index contributed by atoms with van der Waals surface area (Å²) in [4.78, 5) is 2.20. The van der Waals surface area contributed by atoms with Crippen molar-refractivity contribution in [2.24, 2.45) is 0 Å². The molecule has 0 unspecified atom stereocenters. The Bertz CT molecular complexity index is 3300. The molecule has 70 heavy (non-hydrogen) atoms. The summed E-state index contributed by atoms with van der Waals surface area (Å²) in [6, 6.07) is 57.2. The summed E-state index contributed by atoms with van der Waals surface area (Å²) in [5, 5.41) is 0. The van der Waals surface area contributed by atoms with Gasteiger partial charge in [-0.05, 0) is 180 Å². The van der Waals surface area contributed by atoms with E-state index in [1.807, 2.05) is 75.4 Å². The van der Waals surface area contributed by atoms with Gasteiger partial charge in [0.15, 0.2) is 0 Å². The lowest BCUT2D eigenvalue weighted by Gasteiger charge is -2.26. The van der Waals surface area contributed by atoms with E-state index in [9.17, 15) is 13.2 Å². The van der Waals surface area contributed by atoms with Crippen LogP contribution in [0, 0.1) is 38.2 Å². The second-order valence-corrected chi connectivity index (χ2v) is 18.0. The molecule has 4 nitrogen and oxygen atoms in total. The molecule has 0 fully saturated rings. The van der Waals surface area contributed by atoms with Crippen LogP contribution in [0.15, 0.2) is 182 Å². The molecular formula is C63H42F3NO3. The first-order valence-electron chi connectivity index (χ1n) is 23.1. The molecule has 0 atom stereocenters. The molecule has 12 rings (SSSR count). The number of anilines is 3. The van der Waals surface area contributed by atoms with Gasteiger partial charge >= 0.3 is 0 Å². The minimum absolute atomic E-state index is 0.374. The molecule has 0 amide bonds. The molecule has 0 saturated heterocycles. The van der Waals surface area contributed by atoms with E-state index in [1.165, 1.54) is 36.4 Å². The first kappa shape index (κ1) is 42.5. The van der Waals surface area contributed by atoms with Gasteiger partial charge in [-0.15, -0.1) is 0 Å². The molecule has 9 aromatic carbocycles. The van der Waals surface area contributed by atoms with Gasteiger partial charge in [-0.2, -0.15) is 0 Å². The topological polar surface area (TPSA) is 30.9 Å². The summed E-state index contributed by atoms with van der Waals surface area (Å²) in [6.07, 6.45) is 6.30. The summed E-state index contributed by atoms with van der Waals surface area (Å²) >= 11 is 0. The highest BCUT2D eigenvalue weighted by Gasteiger charge is 2.24. The van der Waals surface area contributed by atoms with E-state index >= 15 is 0 Å². The second kappa shape index (κ2) is 17.1. The minimum atomic E-state index is -0.374. The first-order valence-corrected chi connectivity index (χ1v) is 23.1. The van der Waals surface area contributed by atoms with Crippen molar-refractivity contribution in [3.63, 3.8) is 0 Å². The van der Waals surface area contributed by atoms with Crippen LogP contribution in [0.5, 0.6) is 34.5 Å². The third kappa shape index (κ3) is 7.91. The van der Waals surface area contributed by atoms with Gasteiger partial charge in [-0.25, -0.2) is 13.2 Å². The van der Waals surface area contributed by atoms with Crippen LogP contribution in [0.4, 0.5) is 30.2 Å². The predicted molar refractivity (Wildman–Crippen MR) is 275 cm³/mol. The molecule has 0 N–H and O–H groups in total. The Morgan fingerprint density at radius 3 is 0.871 bits per heavy atom. The van der Waals surface area contributed by atoms with Crippen molar-refractivity contribution in [1.82, 2.24) is 0 Å². The maximum Gasteiger partial charge on any atom is 0.138 e. The fourth-order valence-electron chi connectivity index (χ4n) is 9.55. The molecule has 3 heterocycles. The molecule has 0 aliphatic carbocycles. The van der Waals surface area contributed by atoms with Gasteiger partial charge in [-0.3, -0.25) is 0 Å². The number of benzene rings is 9. The van der Waals surface area contributed by atoms with Crippen molar-refractivity contribution < 1.29 is 27.4 Å². The van der Waals surface area contributed by atoms with E-state index in [4.69, 9.17) is 14.2 Å². The lowest BCUT2D eigenvalue weighted by Crippen LogP contribution is -2.10. The highest BCUT2D eigenvalue weighted by molar-refractivity contribution is 5.99. The van der Waals surface area contributed by atoms with Gasteiger partial charge in [0.25, 0.3) is 0 Å². The van der Waals surface area contributed by atoms with Crippen molar-refractivity contribution in [2.75, 3.05) is 4.90 Å². The van der Waals surface area contributed by atoms with Gasteiger partial charge in [0.05, 0.1) is 0 Å². The van der Waals surface area contributed by atoms with E-state index in [0.29, 0.717) is 34.5 Å². The van der Waals surface area contributed by atoms with E-state index in [-0.39, 0.29) is 17.5 Å². The van der Waals surface area contributed by atoms with E-state index in [0.717, 1.165) is 101 Å². The molecule has 0 aromatic heterocycles. The SMILES string of the molecule is Cc1ccc2c(c1)Oc1cc(F)ccc1C(c1ccc(N(c3ccc(C4=Cc5ccc(C)cc5Oc5cc(F)ccc54)cc3)c3ccc(C4=Cc5ccc(C)cc5Oc5cc(F)ccc54)cc3)cc1)=C2. The minimum Gasteiger partial charge on any atom is -0.456 e. The largest absolute Gasteiger partial charge is 0.456 e. The zero-order valence-electron chi connectivity index (χ0n) is 38.4. The Morgan fingerprint density at radius 2 is 0.586 bits per heavy atom. The molecule has 9 aromatic rings. The molecule has 7 heteroatoms. The Balaban J connectivity index is 0.970. The smallest absolute Gasteiger partial charge is 0.138 e. The maximum absolute atomic E-state index is 14.7. The summed E-state index contributed by atoms with van der Waals surface area (Å²) in [5.74, 6) is 2.23. The summed E-state index contributed by atoms with van der Waals surface area (Å²) in [7, 11) is 0. The van der Waals surface area contributed by atoms with Crippen molar-refractivity contribution in [1.29, 1.82) is 0 Å². The predicted octanol–water partition coefficient (Wildman–Crippen LogP) is 17.6. The Kier molecular flexibility index (Phi) is 10.4. The lowest BCUT2D eigenvalue weighted by atomic mass is 9.94. The second-order valence-electron chi connectivity index (χ2n) is 18.0. The molecule has 3 aliphatic rings. The van der Waals surface area contributed by atoms with Gasteiger partial charge in [-0.1, -0.05) is 72.8 Å². The van der Waals surface area contributed by atoms with Crippen molar-refractivity contribution in [3.05, 3.63) is 266 Å². The Labute approximate surface area is 404 Å². The molecule has 338 valence electrons. The average molecular weight is 918 g/mol. The van der Waals surface area contributed by atoms with Crippen LogP contribution in [-0.4, -0.2) is 0 Å². The summed E-state index contributed by atoms with van der Waals surface area (Å²) < 4.78 is 63.2. The molecular weight excluding hydrogens is 876 g/mol. The first-order chi connectivity index (χ1) is 34.1. The van der Waals surface area contributed by atoms with Crippen LogP contribution in [0.3, 0.4) is 0 Å². The van der Waals surface area contributed by atoms with Crippen LogP contribution in [0.2, 0.25) is 0 Å². The summed E-state index contributed by atoms with van der Waals surface area (Å²) in [6.45, 7) is 6.02. The van der Waals surface area contributed by atoms with E-state index in [1.54, 1.807) is 18.2 Å². The lowest BCUT2D eigenvalue weighted by molar-refractivity contribution is 0.474. The van der Waals surface area contributed by atoms with Gasteiger partial charge < -0.3 is 19.1 Å². The van der Waals surface area contributed by atoms with E-state index in [2.05, 4.69) is 95.9 Å². The highest BCUT2D eigenvalue weighted by Crippen LogP contribution is 2.46. The van der Waals surface area contributed by atoms with Crippen molar-refractivity contribution >= 4 is 52.0 Å². The standard InChI is InChI=1S/C63H42F3NO3/c1-37-4-7-43-31-55(52-25-16-46(64)34-61(52)68-58(43)28-37)40-10-19-49(20-11-40)67(50-21-12-41(13-22-50)56-32-44-8-5-38(2)29-59(44)69-62-35-47(65)17-26-53(56)62)51-23-14-42(15-24-51)57-33-45-9-6-39(3)30-60(45)70-63-36-48(66)18-27-54(57)63/h4-36H,1-3H3. The number of halogens is 3. The van der Waals surface area contributed by atoms with Gasteiger partial charge in [0, 0.05) is 68.6 Å². The average Bonchev–Trinajstić information content (AvgIpc) is 3.70. The molecule has 0 spiro atoms. The van der Waals surface area contributed by atoms with E-state index < -0.39 is 0 Å². The van der Waals surface area contributed by atoms with Crippen LogP contribution in [-0.2, 0) is 0 Å². The highest BCUT2D eigenvalue weighted by atomic mass is 19.1. The molecule has 3 aliphatic heterocycles. The van der Waals surface area contributed by atoms with Crippen LogP contribution in [0.25, 0.3) is 34.9 Å². The Morgan fingerprint density at radius 1 is 0.300 bits per heavy atom. The fraction of sp³-hybridized carbons (Fsp3) is 0.0476.